The Balaban J connectivity index is 1.76. The lowest BCUT2D eigenvalue weighted by Crippen LogP contribution is -2.53. The number of aliphatic hydroxyl groups is 1. The zero-order valence-electron chi connectivity index (χ0n) is 18.5. The van der Waals surface area contributed by atoms with Crippen LogP contribution in [0.15, 0.2) is 54.6 Å². The lowest BCUT2D eigenvalue weighted by molar-refractivity contribution is 0.0929. The van der Waals surface area contributed by atoms with Crippen molar-refractivity contribution in [2.75, 3.05) is 33.3 Å². The summed E-state index contributed by atoms with van der Waals surface area (Å²) in [6, 6.07) is 16.9. The van der Waals surface area contributed by atoms with Crippen LogP contribution in [0.1, 0.15) is 35.7 Å². The minimum absolute atomic E-state index is 0.0301. The summed E-state index contributed by atoms with van der Waals surface area (Å²) in [6.07, 6.45) is 0.348. The molecule has 0 spiro atoms. The highest BCUT2D eigenvalue weighted by atomic mass is 32.2. The van der Waals surface area contributed by atoms with Gasteiger partial charge in [0.25, 0.3) is 16.1 Å². The quantitative estimate of drug-likeness (QED) is 0.527. The number of nitrogens with zero attached hydrogens (tertiary/aromatic N) is 1. The standard InChI is InChI=1S/C23H31N3O5S/c1-18(27)16-25-32(29,30)26-14-12-23(13-15-26,19-8-4-3-5-9-19)17-24-22(28)20-10-6-7-11-21(20)31-2/h3-11,18,25,27H,12-17H2,1-2H3,(H,24,28)/t18-/m1/s1. The highest BCUT2D eigenvalue weighted by Gasteiger charge is 2.39. The molecule has 0 aromatic heterocycles. The van der Waals surface area contributed by atoms with Gasteiger partial charge in [0.05, 0.1) is 18.8 Å². The highest BCUT2D eigenvalue weighted by molar-refractivity contribution is 7.87. The zero-order valence-corrected chi connectivity index (χ0v) is 19.3. The molecule has 1 saturated heterocycles. The maximum Gasteiger partial charge on any atom is 0.279 e. The third-order valence-corrected chi connectivity index (χ3v) is 7.48. The van der Waals surface area contributed by atoms with Crippen LogP contribution in [0.4, 0.5) is 0 Å². The Hall–Kier alpha value is -2.46. The molecule has 1 heterocycles. The number of carbonyl (C=O) groups excluding carboxylic acids is 1. The van der Waals surface area contributed by atoms with Crippen molar-refractivity contribution in [2.24, 2.45) is 0 Å². The number of rotatable bonds is 9. The van der Waals surface area contributed by atoms with Gasteiger partial charge in [0.1, 0.15) is 5.75 Å². The van der Waals surface area contributed by atoms with Crippen LogP contribution in [-0.2, 0) is 15.6 Å². The minimum Gasteiger partial charge on any atom is -0.496 e. The van der Waals surface area contributed by atoms with Crippen LogP contribution in [0.2, 0.25) is 0 Å². The summed E-state index contributed by atoms with van der Waals surface area (Å²) in [4.78, 5) is 12.9. The SMILES string of the molecule is COc1ccccc1C(=O)NCC1(c2ccccc2)CCN(S(=O)(=O)NC[C@@H](C)O)CC1. The first-order valence-corrected chi connectivity index (χ1v) is 12.1. The van der Waals surface area contributed by atoms with E-state index in [0.717, 1.165) is 5.56 Å². The van der Waals surface area contributed by atoms with E-state index in [1.54, 1.807) is 18.2 Å². The fraction of sp³-hybridized carbons (Fsp3) is 0.435. The predicted octanol–water partition coefficient (Wildman–Crippen LogP) is 1.67. The fourth-order valence-corrected chi connectivity index (χ4v) is 5.31. The summed E-state index contributed by atoms with van der Waals surface area (Å²) in [5.41, 5.74) is 1.13. The van der Waals surface area contributed by atoms with E-state index in [9.17, 15) is 18.3 Å². The second-order valence-electron chi connectivity index (χ2n) is 8.13. The zero-order chi connectivity index (χ0) is 23.2. The van der Waals surface area contributed by atoms with Gasteiger partial charge in [0.2, 0.25) is 0 Å². The maximum atomic E-state index is 12.9. The number of benzene rings is 2. The molecule has 0 unspecified atom stereocenters. The molecule has 8 nitrogen and oxygen atoms in total. The average Bonchev–Trinajstić information content (AvgIpc) is 2.82. The lowest BCUT2D eigenvalue weighted by atomic mass is 9.73. The molecule has 2 aromatic rings. The summed E-state index contributed by atoms with van der Waals surface area (Å²) < 4.78 is 34.3. The average molecular weight is 462 g/mol. The summed E-state index contributed by atoms with van der Waals surface area (Å²) in [5, 5.41) is 12.4. The normalized spacial score (nSPS) is 17.5. The van der Waals surface area contributed by atoms with E-state index in [0.29, 0.717) is 43.8 Å². The Morgan fingerprint density at radius 2 is 1.75 bits per heavy atom. The van der Waals surface area contributed by atoms with Crippen LogP contribution in [0.3, 0.4) is 0 Å². The molecule has 1 amide bonds. The smallest absolute Gasteiger partial charge is 0.279 e. The number of carbonyl (C=O) groups is 1. The molecule has 0 aliphatic carbocycles. The first kappa shape index (κ1) is 24.2. The van der Waals surface area contributed by atoms with Gasteiger partial charge in [0, 0.05) is 31.6 Å². The Morgan fingerprint density at radius 1 is 1.12 bits per heavy atom. The van der Waals surface area contributed by atoms with Gasteiger partial charge < -0.3 is 15.2 Å². The van der Waals surface area contributed by atoms with Crippen LogP contribution in [-0.4, -0.2) is 63.1 Å². The summed E-state index contributed by atoms with van der Waals surface area (Å²) in [6.45, 7) is 2.51. The number of aliphatic hydroxyl groups excluding tert-OH is 1. The summed E-state index contributed by atoms with van der Waals surface area (Å²) in [7, 11) is -2.15. The molecule has 9 heteroatoms. The molecule has 1 aliphatic rings. The van der Waals surface area contributed by atoms with E-state index in [4.69, 9.17) is 4.74 Å². The van der Waals surface area contributed by atoms with Crippen molar-refractivity contribution in [3.8, 4) is 5.75 Å². The lowest BCUT2D eigenvalue weighted by Gasteiger charge is -2.42. The van der Waals surface area contributed by atoms with Crippen LogP contribution >= 0.6 is 0 Å². The molecule has 0 radical (unpaired) electrons. The Kier molecular flexibility index (Phi) is 7.89. The molecule has 0 saturated carbocycles. The van der Waals surface area contributed by atoms with E-state index < -0.39 is 21.7 Å². The number of methoxy groups -OCH3 is 1. The third kappa shape index (κ3) is 5.66. The van der Waals surface area contributed by atoms with Gasteiger partial charge in [-0.1, -0.05) is 42.5 Å². The predicted molar refractivity (Wildman–Crippen MR) is 123 cm³/mol. The van der Waals surface area contributed by atoms with Crippen LogP contribution in [0.5, 0.6) is 5.75 Å². The van der Waals surface area contributed by atoms with Crippen molar-refractivity contribution in [1.29, 1.82) is 0 Å². The Labute approximate surface area is 189 Å². The van der Waals surface area contributed by atoms with Gasteiger partial charge in [-0.3, -0.25) is 4.79 Å². The molecule has 1 aliphatic heterocycles. The van der Waals surface area contributed by atoms with E-state index in [1.807, 2.05) is 36.4 Å². The van der Waals surface area contributed by atoms with Crippen molar-refractivity contribution >= 4 is 16.1 Å². The molecule has 2 aromatic carbocycles. The van der Waals surface area contributed by atoms with Gasteiger partial charge in [0.15, 0.2) is 0 Å². The molecule has 3 rings (SSSR count). The molecule has 0 bridgehead atoms. The van der Waals surface area contributed by atoms with Crippen molar-refractivity contribution in [1.82, 2.24) is 14.3 Å². The van der Waals surface area contributed by atoms with Crippen molar-refractivity contribution in [3.05, 3.63) is 65.7 Å². The molecular weight excluding hydrogens is 430 g/mol. The summed E-state index contributed by atoms with van der Waals surface area (Å²) >= 11 is 0. The Bertz CT molecular complexity index is 1000. The molecule has 32 heavy (non-hydrogen) atoms. The topological polar surface area (TPSA) is 108 Å². The van der Waals surface area contributed by atoms with Gasteiger partial charge in [-0.25, -0.2) is 0 Å². The number of ether oxygens (including phenoxy) is 1. The van der Waals surface area contributed by atoms with Crippen LogP contribution in [0.25, 0.3) is 0 Å². The fourth-order valence-electron chi connectivity index (χ4n) is 4.01. The number of hydrogen-bond donors (Lipinski definition) is 3. The highest BCUT2D eigenvalue weighted by Crippen LogP contribution is 2.36. The number of nitrogens with one attached hydrogen (secondary N) is 2. The molecule has 174 valence electrons. The molecular formula is C23H31N3O5S. The van der Waals surface area contributed by atoms with Crippen molar-refractivity contribution < 1.29 is 23.1 Å². The monoisotopic (exact) mass is 461 g/mol. The van der Waals surface area contributed by atoms with E-state index >= 15 is 0 Å². The second-order valence-corrected chi connectivity index (χ2v) is 9.89. The van der Waals surface area contributed by atoms with Crippen LogP contribution in [0, 0.1) is 0 Å². The molecule has 3 N–H and O–H groups in total. The van der Waals surface area contributed by atoms with E-state index in [1.165, 1.54) is 18.3 Å². The maximum absolute atomic E-state index is 12.9. The first-order valence-electron chi connectivity index (χ1n) is 10.7. The van der Waals surface area contributed by atoms with Gasteiger partial charge in [-0.2, -0.15) is 17.4 Å². The number of para-hydroxylation sites is 1. The first-order chi connectivity index (χ1) is 15.3. The van der Waals surface area contributed by atoms with Gasteiger partial charge in [-0.05, 0) is 37.5 Å². The van der Waals surface area contributed by atoms with E-state index in [-0.39, 0.29) is 12.5 Å². The van der Waals surface area contributed by atoms with Gasteiger partial charge >= 0.3 is 0 Å². The summed E-state index contributed by atoms with van der Waals surface area (Å²) in [5.74, 6) is 0.273. The second kappa shape index (κ2) is 10.4. The largest absolute Gasteiger partial charge is 0.496 e. The van der Waals surface area contributed by atoms with Crippen LogP contribution < -0.4 is 14.8 Å². The van der Waals surface area contributed by atoms with Crippen molar-refractivity contribution in [2.45, 2.75) is 31.3 Å². The Morgan fingerprint density at radius 3 is 2.38 bits per heavy atom. The molecule has 1 atom stereocenters. The van der Waals surface area contributed by atoms with E-state index in [2.05, 4.69) is 10.0 Å². The number of amides is 1. The third-order valence-electron chi connectivity index (χ3n) is 5.91. The number of hydrogen-bond acceptors (Lipinski definition) is 5. The minimum atomic E-state index is -3.67. The molecule has 1 fully saturated rings. The number of piperidine rings is 1. The van der Waals surface area contributed by atoms with Gasteiger partial charge in [-0.15, -0.1) is 0 Å². The van der Waals surface area contributed by atoms with Crippen molar-refractivity contribution in [3.63, 3.8) is 0 Å².